The molecule has 0 unspecified atom stereocenters. The van der Waals surface area contributed by atoms with Gasteiger partial charge in [-0.2, -0.15) is 0 Å². The van der Waals surface area contributed by atoms with Crippen molar-refractivity contribution in [3.63, 3.8) is 0 Å². The average molecular weight is 268 g/mol. The van der Waals surface area contributed by atoms with E-state index in [1.54, 1.807) is 24.3 Å². The van der Waals surface area contributed by atoms with Gasteiger partial charge in [0.25, 0.3) is 0 Å². The summed E-state index contributed by atoms with van der Waals surface area (Å²) in [7, 11) is 3.62. The molecule has 1 N–H and O–H groups in total. The molecule has 0 bridgehead atoms. The van der Waals surface area contributed by atoms with E-state index in [0.29, 0.717) is 12.4 Å². The Bertz CT molecular complexity index is 651. The van der Waals surface area contributed by atoms with Gasteiger partial charge in [0, 0.05) is 44.2 Å². The van der Waals surface area contributed by atoms with Crippen LogP contribution in [-0.2, 0) is 11.2 Å². The molecule has 0 spiro atoms. The number of hydrogen-bond donors (Lipinski definition) is 1. The Kier molecular flexibility index (Phi) is 3.10. The maximum atomic E-state index is 11.7. The SMILES string of the molecule is CNc1ncc(-c2ccc3c(c2)CCC(=O)N3C)cn1. The number of amides is 1. The number of nitrogens with one attached hydrogen (secondary N) is 1. The van der Waals surface area contributed by atoms with E-state index in [0.717, 1.165) is 23.2 Å². The van der Waals surface area contributed by atoms with Crippen LogP contribution in [0.3, 0.4) is 0 Å². The highest BCUT2D eigenvalue weighted by molar-refractivity contribution is 5.96. The highest BCUT2D eigenvalue weighted by Crippen LogP contribution is 2.30. The minimum Gasteiger partial charge on any atom is -0.357 e. The Morgan fingerprint density at radius 2 is 1.90 bits per heavy atom. The van der Waals surface area contributed by atoms with Crippen LogP contribution in [0.25, 0.3) is 11.1 Å². The zero-order valence-electron chi connectivity index (χ0n) is 11.6. The largest absolute Gasteiger partial charge is 0.357 e. The summed E-state index contributed by atoms with van der Waals surface area (Å²) in [6.07, 6.45) is 4.97. The van der Waals surface area contributed by atoms with Crippen molar-refractivity contribution >= 4 is 17.5 Å². The van der Waals surface area contributed by atoms with Crippen molar-refractivity contribution in [2.24, 2.45) is 0 Å². The lowest BCUT2D eigenvalue weighted by molar-refractivity contribution is -0.118. The lowest BCUT2D eigenvalue weighted by Gasteiger charge is -2.26. The first-order valence-corrected chi connectivity index (χ1v) is 6.58. The first-order chi connectivity index (χ1) is 9.69. The number of carbonyl (C=O) groups is 1. The van der Waals surface area contributed by atoms with Crippen LogP contribution in [0, 0.1) is 0 Å². The van der Waals surface area contributed by atoms with E-state index in [1.165, 1.54) is 5.56 Å². The van der Waals surface area contributed by atoms with Crippen LogP contribution in [0.4, 0.5) is 11.6 Å². The molecular formula is C15H16N4O. The molecule has 0 atom stereocenters. The van der Waals surface area contributed by atoms with Crippen LogP contribution in [0.2, 0.25) is 0 Å². The Hall–Kier alpha value is -2.43. The Labute approximate surface area is 117 Å². The van der Waals surface area contributed by atoms with Crippen LogP contribution >= 0.6 is 0 Å². The summed E-state index contributed by atoms with van der Waals surface area (Å²) >= 11 is 0. The van der Waals surface area contributed by atoms with Crippen LogP contribution in [0.15, 0.2) is 30.6 Å². The van der Waals surface area contributed by atoms with E-state index in [2.05, 4.69) is 21.4 Å². The molecule has 1 aromatic carbocycles. The summed E-state index contributed by atoms with van der Waals surface area (Å²) in [5.41, 5.74) is 4.25. The van der Waals surface area contributed by atoms with Crippen molar-refractivity contribution in [2.75, 3.05) is 24.3 Å². The monoisotopic (exact) mass is 268 g/mol. The molecule has 0 radical (unpaired) electrons. The maximum Gasteiger partial charge on any atom is 0.227 e. The van der Waals surface area contributed by atoms with Gasteiger partial charge < -0.3 is 10.2 Å². The van der Waals surface area contributed by atoms with Gasteiger partial charge in [-0.1, -0.05) is 6.07 Å². The second-order valence-electron chi connectivity index (χ2n) is 4.84. The maximum absolute atomic E-state index is 11.7. The van der Waals surface area contributed by atoms with Gasteiger partial charge in [-0.15, -0.1) is 0 Å². The van der Waals surface area contributed by atoms with Crippen molar-refractivity contribution in [1.29, 1.82) is 0 Å². The lowest BCUT2D eigenvalue weighted by Crippen LogP contribution is -2.30. The normalized spacial score (nSPS) is 14.1. The summed E-state index contributed by atoms with van der Waals surface area (Å²) in [4.78, 5) is 21.9. The van der Waals surface area contributed by atoms with Gasteiger partial charge in [0.05, 0.1) is 0 Å². The molecule has 1 aliphatic rings. The van der Waals surface area contributed by atoms with E-state index in [-0.39, 0.29) is 5.91 Å². The molecule has 2 aromatic rings. The molecule has 0 saturated heterocycles. The number of benzene rings is 1. The van der Waals surface area contributed by atoms with Crippen molar-refractivity contribution in [2.45, 2.75) is 12.8 Å². The fourth-order valence-electron chi connectivity index (χ4n) is 2.44. The van der Waals surface area contributed by atoms with E-state index >= 15 is 0 Å². The number of anilines is 2. The average Bonchev–Trinajstić information content (AvgIpc) is 2.51. The third-order valence-electron chi connectivity index (χ3n) is 3.63. The van der Waals surface area contributed by atoms with Gasteiger partial charge >= 0.3 is 0 Å². The molecular weight excluding hydrogens is 252 g/mol. The summed E-state index contributed by atoms with van der Waals surface area (Å²) in [6.45, 7) is 0. The van der Waals surface area contributed by atoms with Gasteiger partial charge in [-0.05, 0) is 29.7 Å². The molecule has 1 aromatic heterocycles. The Morgan fingerprint density at radius 1 is 1.15 bits per heavy atom. The van der Waals surface area contributed by atoms with Gasteiger partial charge in [0.2, 0.25) is 11.9 Å². The van der Waals surface area contributed by atoms with E-state index in [9.17, 15) is 4.79 Å². The lowest BCUT2D eigenvalue weighted by atomic mass is 9.97. The number of rotatable bonds is 2. The zero-order valence-corrected chi connectivity index (χ0v) is 11.6. The van der Waals surface area contributed by atoms with Crippen LogP contribution in [0.5, 0.6) is 0 Å². The fourth-order valence-corrected chi connectivity index (χ4v) is 2.44. The second-order valence-corrected chi connectivity index (χ2v) is 4.84. The van der Waals surface area contributed by atoms with Crippen molar-refractivity contribution < 1.29 is 4.79 Å². The third kappa shape index (κ3) is 2.11. The molecule has 2 heterocycles. The number of fused-ring (bicyclic) bond motifs is 1. The van der Waals surface area contributed by atoms with Crippen molar-refractivity contribution in [3.05, 3.63) is 36.2 Å². The quantitative estimate of drug-likeness (QED) is 0.906. The van der Waals surface area contributed by atoms with E-state index < -0.39 is 0 Å². The number of nitrogens with zero attached hydrogens (tertiary/aromatic N) is 3. The minimum atomic E-state index is 0.173. The summed E-state index contributed by atoms with van der Waals surface area (Å²) in [5, 5.41) is 2.90. The summed E-state index contributed by atoms with van der Waals surface area (Å²) in [5.74, 6) is 0.781. The van der Waals surface area contributed by atoms with Crippen molar-refractivity contribution in [1.82, 2.24) is 9.97 Å². The third-order valence-corrected chi connectivity index (χ3v) is 3.63. The highest BCUT2D eigenvalue weighted by atomic mass is 16.2. The standard InChI is InChI=1S/C15H16N4O/c1-16-15-17-8-12(9-18-15)10-3-5-13-11(7-10)4-6-14(20)19(13)2/h3,5,7-9H,4,6H2,1-2H3,(H,16,17,18). The Morgan fingerprint density at radius 3 is 2.60 bits per heavy atom. The first kappa shape index (κ1) is 12.6. The minimum absolute atomic E-state index is 0.173. The molecule has 3 rings (SSSR count). The first-order valence-electron chi connectivity index (χ1n) is 6.58. The molecule has 1 aliphatic heterocycles. The van der Waals surface area contributed by atoms with Crippen LogP contribution in [-0.4, -0.2) is 30.0 Å². The highest BCUT2D eigenvalue weighted by Gasteiger charge is 2.20. The molecule has 5 nitrogen and oxygen atoms in total. The molecule has 5 heteroatoms. The predicted octanol–water partition coefficient (Wildman–Crippen LogP) is 2.09. The summed E-state index contributed by atoms with van der Waals surface area (Å²) < 4.78 is 0. The number of hydrogen-bond acceptors (Lipinski definition) is 4. The summed E-state index contributed by atoms with van der Waals surface area (Å²) in [6, 6.07) is 6.12. The van der Waals surface area contributed by atoms with Gasteiger partial charge in [0.1, 0.15) is 0 Å². The molecule has 20 heavy (non-hydrogen) atoms. The van der Waals surface area contributed by atoms with Crippen molar-refractivity contribution in [3.8, 4) is 11.1 Å². The number of aromatic nitrogens is 2. The van der Waals surface area contributed by atoms with Gasteiger partial charge in [-0.3, -0.25) is 4.79 Å². The molecule has 102 valence electrons. The number of carbonyl (C=O) groups excluding carboxylic acids is 1. The van der Waals surface area contributed by atoms with E-state index in [1.807, 2.05) is 19.2 Å². The van der Waals surface area contributed by atoms with Gasteiger partial charge in [-0.25, -0.2) is 9.97 Å². The molecule has 1 amide bonds. The predicted molar refractivity (Wildman–Crippen MR) is 78.7 cm³/mol. The van der Waals surface area contributed by atoms with Crippen LogP contribution < -0.4 is 10.2 Å². The zero-order chi connectivity index (χ0) is 14.1. The van der Waals surface area contributed by atoms with Crippen LogP contribution in [0.1, 0.15) is 12.0 Å². The second kappa shape index (κ2) is 4.92. The van der Waals surface area contributed by atoms with Gasteiger partial charge in [0.15, 0.2) is 0 Å². The molecule has 0 aliphatic carbocycles. The fraction of sp³-hybridized carbons (Fsp3) is 0.267. The molecule has 0 saturated carbocycles. The Balaban J connectivity index is 1.97. The smallest absolute Gasteiger partial charge is 0.227 e. The topological polar surface area (TPSA) is 58.1 Å². The van der Waals surface area contributed by atoms with E-state index in [4.69, 9.17) is 0 Å². The number of aryl methyl sites for hydroxylation is 1. The molecule has 0 fully saturated rings.